The van der Waals surface area contributed by atoms with Gasteiger partial charge < -0.3 is 15.0 Å². The summed E-state index contributed by atoms with van der Waals surface area (Å²) >= 11 is 0. The lowest BCUT2D eigenvalue weighted by Crippen LogP contribution is -2.24. The highest BCUT2D eigenvalue weighted by Gasteiger charge is 2.02. The molecule has 1 heterocycles. The third-order valence-electron chi connectivity index (χ3n) is 2.22. The van der Waals surface area contributed by atoms with Crippen LogP contribution in [0.5, 0.6) is 0 Å². The molecule has 0 fully saturated rings. The highest BCUT2D eigenvalue weighted by molar-refractivity contribution is 5.03. The first-order valence-electron chi connectivity index (χ1n) is 6.02. The molecule has 96 valence electrons. The molecule has 2 N–H and O–H groups in total. The number of nitrogens with one attached hydrogen (secondary N) is 2. The second kappa shape index (κ2) is 7.19. The van der Waals surface area contributed by atoms with Crippen LogP contribution in [0.2, 0.25) is 0 Å². The first kappa shape index (κ1) is 13.9. The van der Waals surface area contributed by atoms with E-state index in [2.05, 4.69) is 29.1 Å². The molecule has 17 heavy (non-hydrogen) atoms. The van der Waals surface area contributed by atoms with Gasteiger partial charge in [0.2, 0.25) is 0 Å². The quantitative estimate of drug-likeness (QED) is 0.692. The van der Waals surface area contributed by atoms with Crippen LogP contribution in [0.4, 0.5) is 0 Å². The maximum atomic E-state index is 11.4. The number of hydrogen-bond donors (Lipinski definition) is 2. The van der Waals surface area contributed by atoms with Crippen LogP contribution in [0.1, 0.15) is 32.3 Å². The van der Waals surface area contributed by atoms with E-state index in [-0.39, 0.29) is 5.56 Å². The van der Waals surface area contributed by atoms with Gasteiger partial charge in [0.25, 0.3) is 5.56 Å². The molecule has 5 heteroatoms. The number of nitrogens with zero attached hydrogens (tertiary/aromatic N) is 1. The second-order valence-corrected chi connectivity index (χ2v) is 4.17. The molecule has 0 aliphatic carbocycles. The van der Waals surface area contributed by atoms with Gasteiger partial charge in [-0.05, 0) is 6.92 Å². The Balaban J connectivity index is 2.62. The SMILES string of the molecule is CCOCCc1nc(CNC(C)C)cc(=O)[nH]1. The average molecular weight is 239 g/mol. The Hall–Kier alpha value is -1.20. The van der Waals surface area contributed by atoms with Crippen molar-refractivity contribution in [3.63, 3.8) is 0 Å². The van der Waals surface area contributed by atoms with Gasteiger partial charge >= 0.3 is 0 Å². The Morgan fingerprint density at radius 3 is 2.94 bits per heavy atom. The summed E-state index contributed by atoms with van der Waals surface area (Å²) < 4.78 is 5.24. The molecular weight excluding hydrogens is 218 g/mol. The smallest absolute Gasteiger partial charge is 0.251 e. The Labute approximate surface area is 102 Å². The van der Waals surface area contributed by atoms with Crippen molar-refractivity contribution in [1.29, 1.82) is 0 Å². The van der Waals surface area contributed by atoms with E-state index in [1.54, 1.807) is 0 Å². The van der Waals surface area contributed by atoms with Crippen molar-refractivity contribution in [2.75, 3.05) is 13.2 Å². The molecule has 0 radical (unpaired) electrons. The number of ether oxygens (including phenoxy) is 1. The number of H-pyrrole nitrogens is 1. The molecule has 1 rings (SSSR count). The molecule has 0 spiro atoms. The van der Waals surface area contributed by atoms with Gasteiger partial charge in [0.15, 0.2) is 0 Å². The average Bonchev–Trinajstić information content (AvgIpc) is 2.26. The van der Waals surface area contributed by atoms with Crippen molar-refractivity contribution in [3.05, 3.63) is 27.9 Å². The Morgan fingerprint density at radius 1 is 1.53 bits per heavy atom. The summed E-state index contributed by atoms with van der Waals surface area (Å²) in [7, 11) is 0. The fourth-order valence-electron chi connectivity index (χ4n) is 1.39. The van der Waals surface area contributed by atoms with Gasteiger partial charge in [-0.1, -0.05) is 13.8 Å². The molecule has 0 aliphatic heterocycles. The second-order valence-electron chi connectivity index (χ2n) is 4.17. The van der Waals surface area contributed by atoms with Crippen LogP contribution in [0.25, 0.3) is 0 Å². The minimum Gasteiger partial charge on any atom is -0.381 e. The Morgan fingerprint density at radius 2 is 2.29 bits per heavy atom. The Bertz CT molecular complexity index is 388. The lowest BCUT2D eigenvalue weighted by Gasteiger charge is -2.08. The van der Waals surface area contributed by atoms with Crippen molar-refractivity contribution < 1.29 is 4.74 Å². The minimum atomic E-state index is -0.105. The molecule has 5 nitrogen and oxygen atoms in total. The zero-order valence-electron chi connectivity index (χ0n) is 10.7. The topological polar surface area (TPSA) is 67.0 Å². The van der Waals surface area contributed by atoms with Crippen molar-refractivity contribution in [3.8, 4) is 0 Å². The van der Waals surface area contributed by atoms with Gasteiger partial charge in [-0.25, -0.2) is 4.98 Å². The number of aromatic amines is 1. The van der Waals surface area contributed by atoms with E-state index in [4.69, 9.17) is 4.74 Å². The lowest BCUT2D eigenvalue weighted by atomic mass is 10.3. The largest absolute Gasteiger partial charge is 0.381 e. The van der Waals surface area contributed by atoms with Crippen molar-refractivity contribution in [1.82, 2.24) is 15.3 Å². The fraction of sp³-hybridized carbons (Fsp3) is 0.667. The predicted molar refractivity (Wildman–Crippen MR) is 67.0 cm³/mol. The normalized spacial score (nSPS) is 11.1. The zero-order valence-corrected chi connectivity index (χ0v) is 10.7. The van der Waals surface area contributed by atoms with Crippen LogP contribution in [0.3, 0.4) is 0 Å². The van der Waals surface area contributed by atoms with Crippen LogP contribution >= 0.6 is 0 Å². The summed E-state index contributed by atoms with van der Waals surface area (Å²) in [6.45, 7) is 7.94. The molecule has 0 aromatic carbocycles. The van der Waals surface area contributed by atoms with E-state index >= 15 is 0 Å². The van der Waals surface area contributed by atoms with Crippen LogP contribution in [-0.2, 0) is 17.7 Å². The van der Waals surface area contributed by atoms with E-state index in [1.807, 2.05) is 6.92 Å². The summed E-state index contributed by atoms with van der Waals surface area (Å²) in [5.74, 6) is 0.687. The van der Waals surface area contributed by atoms with Crippen LogP contribution in [0.15, 0.2) is 10.9 Å². The van der Waals surface area contributed by atoms with E-state index < -0.39 is 0 Å². The molecule has 0 atom stereocenters. The van der Waals surface area contributed by atoms with Crippen LogP contribution in [0, 0.1) is 0 Å². The maximum Gasteiger partial charge on any atom is 0.251 e. The van der Waals surface area contributed by atoms with Gasteiger partial charge in [-0.3, -0.25) is 4.79 Å². The van der Waals surface area contributed by atoms with E-state index in [0.29, 0.717) is 38.0 Å². The third kappa shape index (κ3) is 5.60. The molecular formula is C12H21N3O2. The summed E-state index contributed by atoms with van der Waals surface area (Å²) in [4.78, 5) is 18.5. The van der Waals surface area contributed by atoms with Crippen LogP contribution < -0.4 is 10.9 Å². The summed E-state index contributed by atoms with van der Waals surface area (Å²) in [6, 6.07) is 1.91. The lowest BCUT2D eigenvalue weighted by molar-refractivity contribution is 0.149. The Kier molecular flexibility index (Phi) is 5.86. The molecule has 1 aromatic rings. The monoisotopic (exact) mass is 239 g/mol. The molecule has 0 saturated carbocycles. The molecule has 1 aromatic heterocycles. The maximum absolute atomic E-state index is 11.4. The summed E-state index contributed by atoms with van der Waals surface area (Å²) in [6.07, 6.45) is 0.637. The van der Waals surface area contributed by atoms with Gasteiger partial charge in [-0.2, -0.15) is 0 Å². The van der Waals surface area contributed by atoms with E-state index in [9.17, 15) is 4.79 Å². The van der Waals surface area contributed by atoms with Crippen molar-refractivity contribution in [2.45, 2.75) is 39.8 Å². The molecule has 0 amide bonds. The molecule has 0 aliphatic rings. The first-order chi connectivity index (χ1) is 8.11. The fourth-order valence-corrected chi connectivity index (χ4v) is 1.39. The molecule has 0 unspecified atom stereocenters. The standard InChI is InChI=1S/C12H21N3O2/c1-4-17-6-5-11-14-10(7-12(16)15-11)8-13-9(2)3/h7,9,13H,4-6,8H2,1-3H3,(H,14,15,16). The zero-order chi connectivity index (χ0) is 12.7. The first-order valence-corrected chi connectivity index (χ1v) is 6.02. The van der Waals surface area contributed by atoms with E-state index in [1.165, 1.54) is 6.07 Å². The number of rotatable bonds is 7. The minimum absolute atomic E-state index is 0.105. The number of hydrogen-bond acceptors (Lipinski definition) is 4. The van der Waals surface area contributed by atoms with E-state index in [0.717, 1.165) is 5.69 Å². The molecule has 0 saturated heterocycles. The van der Waals surface area contributed by atoms with Gasteiger partial charge in [0, 0.05) is 31.7 Å². The third-order valence-corrected chi connectivity index (χ3v) is 2.22. The summed E-state index contributed by atoms with van der Waals surface area (Å²) in [5, 5.41) is 3.24. The van der Waals surface area contributed by atoms with Crippen molar-refractivity contribution >= 4 is 0 Å². The van der Waals surface area contributed by atoms with Crippen molar-refractivity contribution in [2.24, 2.45) is 0 Å². The van der Waals surface area contributed by atoms with Crippen LogP contribution in [-0.4, -0.2) is 29.2 Å². The highest BCUT2D eigenvalue weighted by atomic mass is 16.5. The van der Waals surface area contributed by atoms with Gasteiger partial charge in [-0.15, -0.1) is 0 Å². The van der Waals surface area contributed by atoms with Gasteiger partial charge in [0.1, 0.15) is 5.82 Å². The summed E-state index contributed by atoms with van der Waals surface area (Å²) in [5.41, 5.74) is 0.668. The highest BCUT2D eigenvalue weighted by Crippen LogP contribution is 1.95. The number of aromatic nitrogens is 2. The molecule has 0 bridgehead atoms. The van der Waals surface area contributed by atoms with Gasteiger partial charge in [0.05, 0.1) is 12.3 Å². The predicted octanol–water partition coefficient (Wildman–Crippen LogP) is 0.847.